The molecule has 0 radical (unpaired) electrons. The summed E-state index contributed by atoms with van der Waals surface area (Å²) in [6.45, 7) is 1.96. The van der Waals surface area contributed by atoms with Crippen LogP contribution in [0, 0.1) is 11.7 Å². The molecule has 0 fully saturated rings. The Kier molecular flexibility index (Phi) is 3.03. The second kappa shape index (κ2) is 4.31. The third-order valence-electron chi connectivity index (χ3n) is 2.36. The van der Waals surface area contributed by atoms with Crippen LogP contribution in [0.2, 0.25) is 5.02 Å². The molecule has 1 aromatic carbocycles. The predicted octanol–water partition coefficient (Wildman–Crippen LogP) is 3.71. The number of nitrogens with one attached hydrogen (secondary N) is 2. The normalized spacial score (nSPS) is 10.4. The van der Waals surface area contributed by atoms with Crippen molar-refractivity contribution in [1.82, 2.24) is 9.97 Å². The van der Waals surface area contributed by atoms with E-state index >= 15 is 0 Å². The summed E-state index contributed by atoms with van der Waals surface area (Å²) < 4.78 is 5.71. The van der Waals surface area contributed by atoms with Gasteiger partial charge in [-0.05, 0) is 37.3 Å². The van der Waals surface area contributed by atoms with E-state index in [1.165, 1.54) is 0 Å². The molecular weight excluding hydrogens is 244 g/mol. The Hall–Kier alpha value is -1.26. The van der Waals surface area contributed by atoms with Gasteiger partial charge in [0, 0.05) is 11.3 Å². The van der Waals surface area contributed by atoms with Gasteiger partial charge in [0.15, 0.2) is 4.77 Å². The summed E-state index contributed by atoms with van der Waals surface area (Å²) in [7, 11) is 1.59. The van der Waals surface area contributed by atoms with E-state index in [2.05, 4.69) is 9.97 Å². The summed E-state index contributed by atoms with van der Waals surface area (Å²) in [6, 6.07) is 5.62. The number of imidazole rings is 1. The van der Waals surface area contributed by atoms with Crippen LogP contribution in [0.4, 0.5) is 0 Å². The molecular formula is C11H11ClN2OS. The first-order valence-electron chi connectivity index (χ1n) is 4.74. The summed E-state index contributed by atoms with van der Waals surface area (Å²) in [5.74, 6) is 0.664. The number of ether oxygens (including phenoxy) is 1. The average molecular weight is 255 g/mol. The number of H-pyrrole nitrogens is 2. The van der Waals surface area contributed by atoms with Crippen LogP contribution in [-0.4, -0.2) is 17.1 Å². The zero-order chi connectivity index (χ0) is 11.7. The highest BCUT2D eigenvalue weighted by Gasteiger charge is 2.07. The molecule has 2 N–H and O–H groups in total. The monoisotopic (exact) mass is 254 g/mol. The van der Waals surface area contributed by atoms with E-state index in [0.717, 1.165) is 17.0 Å². The lowest BCUT2D eigenvalue weighted by molar-refractivity contribution is 0.415. The van der Waals surface area contributed by atoms with E-state index in [1.807, 2.05) is 25.1 Å². The Bertz CT molecular complexity index is 574. The predicted molar refractivity (Wildman–Crippen MR) is 67.7 cm³/mol. The highest BCUT2D eigenvalue weighted by atomic mass is 35.5. The van der Waals surface area contributed by atoms with E-state index in [4.69, 9.17) is 28.6 Å². The number of hydrogen-bond donors (Lipinski definition) is 2. The molecule has 84 valence electrons. The zero-order valence-electron chi connectivity index (χ0n) is 8.93. The first-order valence-corrected chi connectivity index (χ1v) is 5.53. The topological polar surface area (TPSA) is 40.8 Å². The minimum absolute atomic E-state index is 0.583. The van der Waals surface area contributed by atoms with Gasteiger partial charge in [-0.25, -0.2) is 0 Å². The van der Waals surface area contributed by atoms with Crippen LogP contribution in [0.1, 0.15) is 5.69 Å². The van der Waals surface area contributed by atoms with Crippen LogP contribution in [0.25, 0.3) is 11.3 Å². The van der Waals surface area contributed by atoms with Crippen molar-refractivity contribution in [2.24, 2.45) is 0 Å². The van der Waals surface area contributed by atoms with E-state index in [9.17, 15) is 0 Å². The Balaban J connectivity index is 2.53. The van der Waals surface area contributed by atoms with Gasteiger partial charge in [0.1, 0.15) is 5.75 Å². The number of rotatable bonds is 2. The fourth-order valence-corrected chi connectivity index (χ4v) is 2.09. The highest BCUT2D eigenvalue weighted by Crippen LogP contribution is 2.30. The molecule has 0 unspecified atom stereocenters. The molecule has 0 aliphatic rings. The molecule has 1 aromatic heterocycles. The molecule has 16 heavy (non-hydrogen) atoms. The fraction of sp³-hybridized carbons (Fsp3) is 0.182. The van der Waals surface area contributed by atoms with Crippen LogP contribution < -0.4 is 4.74 Å². The first kappa shape index (κ1) is 11.2. The van der Waals surface area contributed by atoms with Gasteiger partial charge in [-0.3, -0.25) is 0 Å². The fourth-order valence-electron chi connectivity index (χ4n) is 1.58. The number of methoxy groups -OCH3 is 1. The Morgan fingerprint density at radius 3 is 2.56 bits per heavy atom. The first-order chi connectivity index (χ1) is 7.61. The average Bonchev–Trinajstić information content (AvgIpc) is 2.58. The van der Waals surface area contributed by atoms with Crippen molar-refractivity contribution in [2.45, 2.75) is 6.92 Å². The van der Waals surface area contributed by atoms with Crippen molar-refractivity contribution in [3.05, 3.63) is 33.7 Å². The molecule has 3 nitrogen and oxygen atoms in total. The molecule has 0 saturated carbocycles. The Labute approximate surface area is 103 Å². The van der Waals surface area contributed by atoms with Crippen LogP contribution in [0.5, 0.6) is 5.75 Å². The SMILES string of the molecule is COc1ccc(-c2[nH]c(=S)[nH]c2C)cc1Cl. The molecule has 0 aliphatic carbocycles. The summed E-state index contributed by atoms with van der Waals surface area (Å²) in [6.07, 6.45) is 0. The Morgan fingerprint density at radius 1 is 1.31 bits per heavy atom. The van der Waals surface area contributed by atoms with Crippen molar-refractivity contribution in [2.75, 3.05) is 7.11 Å². The van der Waals surface area contributed by atoms with Gasteiger partial charge in [-0.15, -0.1) is 0 Å². The van der Waals surface area contributed by atoms with Gasteiger partial charge in [0.2, 0.25) is 0 Å². The van der Waals surface area contributed by atoms with Crippen LogP contribution in [0.15, 0.2) is 18.2 Å². The molecule has 2 aromatic rings. The molecule has 0 atom stereocenters. The van der Waals surface area contributed by atoms with Crippen LogP contribution >= 0.6 is 23.8 Å². The minimum Gasteiger partial charge on any atom is -0.495 e. The summed E-state index contributed by atoms with van der Waals surface area (Å²) in [5.41, 5.74) is 2.93. The molecule has 5 heteroatoms. The molecule has 0 saturated heterocycles. The summed E-state index contributed by atoms with van der Waals surface area (Å²) >= 11 is 11.1. The van der Waals surface area contributed by atoms with Crippen molar-refractivity contribution >= 4 is 23.8 Å². The molecule has 0 spiro atoms. The maximum Gasteiger partial charge on any atom is 0.175 e. The van der Waals surface area contributed by atoms with E-state index in [-0.39, 0.29) is 0 Å². The Morgan fingerprint density at radius 2 is 2.06 bits per heavy atom. The maximum atomic E-state index is 6.06. The van der Waals surface area contributed by atoms with E-state index < -0.39 is 0 Å². The van der Waals surface area contributed by atoms with Gasteiger partial charge in [0.05, 0.1) is 17.8 Å². The second-order valence-electron chi connectivity index (χ2n) is 3.43. The van der Waals surface area contributed by atoms with Crippen molar-refractivity contribution in [3.8, 4) is 17.0 Å². The van der Waals surface area contributed by atoms with E-state index in [1.54, 1.807) is 7.11 Å². The standard InChI is InChI=1S/C11H11ClN2OS/c1-6-10(14-11(16)13-6)7-3-4-9(15-2)8(12)5-7/h3-5H,1-2H3,(H2,13,14,16). The van der Waals surface area contributed by atoms with Gasteiger partial charge < -0.3 is 14.7 Å². The van der Waals surface area contributed by atoms with Gasteiger partial charge >= 0.3 is 0 Å². The lowest BCUT2D eigenvalue weighted by Crippen LogP contribution is -1.86. The molecule has 2 rings (SSSR count). The van der Waals surface area contributed by atoms with Crippen molar-refractivity contribution < 1.29 is 4.74 Å². The smallest absolute Gasteiger partial charge is 0.175 e. The lowest BCUT2D eigenvalue weighted by atomic mass is 10.1. The van der Waals surface area contributed by atoms with Crippen molar-refractivity contribution in [3.63, 3.8) is 0 Å². The van der Waals surface area contributed by atoms with Crippen molar-refractivity contribution in [1.29, 1.82) is 0 Å². The number of benzene rings is 1. The zero-order valence-corrected chi connectivity index (χ0v) is 10.5. The minimum atomic E-state index is 0.583. The third-order valence-corrected chi connectivity index (χ3v) is 2.85. The molecule has 1 heterocycles. The highest BCUT2D eigenvalue weighted by molar-refractivity contribution is 7.71. The maximum absolute atomic E-state index is 6.06. The molecule has 0 amide bonds. The summed E-state index contributed by atoms with van der Waals surface area (Å²) in [5, 5.41) is 0.583. The van der Waals surface area contributed by atoms with Gasteiger partial charge in [-0.1, -0.05) is 11.6 Å². The quantitative estimate of drug-likeness (QED) is 0.802. The molecule has 0 bridgehead atoms. The third kappa shape index (κ3) is 1.99. The number of aryl methyl sites for hydroxylation is 1. The number of aromatic amines is 2. The second-order valence-corrected chi connectivity index (χ2v) is 4.24. The number of halogens is 1. The largest absolute Gasteiger partial charge is 0.495 e. The van der Waals surface area contributed by atoms with Crippen LogP contribution in [0.3, 0.4) is 0 Å². The van der Waals surface area contributed by atoms with Gasteiger partial charge in [0.25, 0.3) is 0 Å². The molecule has 0 aliphatic heterocycles. The number of hydrogen-bond acceptors (Lipinski definition) is 2. The lowest BCUT2D eigenvalue weighted by Gasteiger charge is -2.05. The van der Waals surface area contributed by atoms with E-state index in [0.29, 0.717) is 15.5 Å². The van der Waals surface area contributed by atoms with Gasteiger partial charge in [-0.2, -0.15) is 0 Å². The number of aromatic nitrogens is 2. The van der Waals surface area contributed by atoms with Crippen LogP contribution in [-0.2, 0) is 0 Å². The summed E-state index contributed by atoms with van der Waals surface area (Å²) in [4.78, 5) is 6.12.